The molecule has 0 atom stereocenters. The van der Waals surface area contributed by atoms with Crippen LogP contribution in [0.25, 0.3) is 0 Å². The Bertz CT molecular complexity index is 321. The zero-order valence-electron chi connectivity index (χ0n) is 7.58. The molecule has 70 valence electrons. The van der Waals surface area contributed by atoms with Gasteiger partial charge in [0.15, 0.2) is 0 Å². The average molecular weight is 179 g/mol. The lowest BCUT2D eigenvalue weighted by Gasteiger charge is -2.07. The van der Waals surface area contributed by atoms with E-state index >= 15 is 0 Å². The van der Waals surface area contributed by atoms with Crippen molar-refractivity contribution in [2.45, 2.75) is 13.3 Å². The van der Waals surface area contributed by atoms with Crippen LogP contribution in [0.5, 0.6) is 0 Å². The van der Waals surface area contributed by atoms with Crippen molar-refractivity contribution in [3.8, 4) is 0 Å². The molecule has 0 spiro atoms. The lowest BCUT2D eigenvalue weighted by Crippen LogP contribution is -2.15. The predicted molar refractivity (Wildman–Crippen MR) is 50.5 cm³/mol. The zero-order valence-corrected chi connectivity index (χ0v) is 7.58. The second-order valence-electron chi connectivity index (χ2n) is 2.94. The highest BCUT2D eigenvalue weighted by Crippen LogP contribution is 2.13. The second kappa shape index (κ2) is 4.05. The maximum absolute atomic E-state index is 11.0. The van der Waals surface area contributed by atoms with Crippen molar-refractivity contribution in [2.24, 2.45) is 5.73 Å². The molecular formula is C10H13NO2. The fraction of sp³-hybridized carbons (Fsp3) is 0.300. The van der Waals surface area contributed by atoms with Gasteiger partial charge in [-0.05, 0) is 30.5 Å². The third-order valence-electron chi connectivity index (χ3n) is 2.04. The summed E-state index contributed by atoms with van der Waals surface area (Å²) in [4.78, 5) is 11.0. The van der Waals surface area contributed by atoms with Crippen LogP contribution >= 0.6 is 0 Å². The minimum Gasteiger partial charge on any atom is -0.396 e. The first kappa shape index (κ1) is 9.74. The van der Waals surface area contributed by atoms with Gasteiger partial charge in [-0.2, -0.15) is 0 Å². The molecule has 3 N–H and O–H groups in total. The molecule has 0 saturated heterocycles. The number of hydrogen-bond acceptors (Lipinski definition) is 2. The molecule has 0 heterocycles. The molecule has 0 aliphatic carbocycles. The second-order valence-corrected chi connectivity index (χ2v) is 2.94. The van der Waals surface area contributed by atoms with Gasteiger partial charge in [0.25, 0.3) is 0 Å². The Kier molecular flexibility index (Phi) is 3.03. The third-order valence-corrected chi connectivity index (χ3v) is 2.04. The number of primary amides is 1. The maximum atomic E-state index is 11.0. The van der Waals surface area contributed by atoms with Crippen molar-refractivity contribution < 1.29 is 9.90 Å². The highest BCUT2D eigenvalue weighted by atomic mass is 16.3. The molecule has 1 aromatic rings. The van der Waals surface area contributed by atoms with Gasteiger partial charge >= 0.3 is 0 Å². The quantitative estimate of drug-likeness (QED) is 0.714. The fourth-order valence-corrected chi connectivity index (χ4v) is 1.38. The summed E-state index contributed by atoms with van der Waals surface area (Å²) < 4.78 is 0. The molecule has 3 heteroatoms. The smallest absolute Gasteiger partial charge is 0.248 e. The van der Waals surface area contributed by atoms with E-state index in [1.165, 1.54) is 0 Å². The Hall–Kier alpha value is -1.35. The van der Waals surface area contributed by atoms with Crippen molar-refractivity contribution in [3.05, 3.63) is 34.9 Å². The van der Waals surface area contributed by atoms with Crippen molar-refractivity contribution in [3.63, 3.8) is 0 Å². The minimum atomic E-state index is -0.438. The number of rotatable bonds is 3. The SMILES string of the molecule is Cc1cccc(C(N)=O)c1CCO. The number of aliphatic hydroxyl groups is 1. The zero-order chi connectivity index (χ0) is 9.84. The minimum absolute atomic E-state index is 0.0329. The number of aryl methyl sites for hydroxylation is 1. The summed E-state index contributed by atoms with van der Waals surface area (Å²) in [6.07, 6.45) is 0.477. The third kappa shape index (κ3) is 2.06. The summed E-state index contributed by atoms with van der Waals surface area (Å²) in [5, 5.41) is 8.80. The Morgan fingerprint density at radius 2 is 2.23 bits per heavy atom. The Balaban J connectivity index is 3.17. The summed E-state index contributed by atoms with van der Waals surface area (Å²) in [5.74, 6) is -0.438. The van der Waals surface area contributed by atoms with Gasteiger partial charge in [0.1, 0.15) is 0 Å². The van der Waals surface area contributed by atoms with Crippen LogP contribution in [0, 0.1) is 6.92 Å². The highest BCUT2D eigenvalue weighted by Gasteiger charge is 2.08. The number of hydrogen-bond donors (Lipinski definition) is 2. The normalized spacial score (nSPS) is 10.0. The van der Waals surface area contributed by atoms with E-state index in [1.807, 2.05) is 13.0 Å². The molecule has 0 aliphatic rings. The van der Waals surface area contributed by atoms with Crippen molar-refractivity contribution in [1.82, 2.24) is 0 Å². The standard InChI is InChI=1S/C10H13NO2/c1-7-3-2-4-9(10(11)13)8(7)5-6-12/h2-4,12H,5-6H2,1H3,(H2,11,13). The number of carbonyl (C=O) groups is 1. The molecule has 3 nitrogen and oxygen atoms in total. The van der Waals surface area contributed by atoms with Crippen LogP contribution in [0.4, 0.5) is 0 Å². The van der Waals surface area contributed by atoms with Gasteiger partial charge in [-0.3, -0.25) is 4.79 Å². The average Bonchev–Trinajstić information content (AvgIpc) is 2.08. The molecule has 0 saturated carbocycles. The molecule has 0 aliphatic heterocycles. The van der Waals surface area contributed by atoms with Crippen LogP contribution in [-0.4, -0.2) is 17.6 Å². The van der Waals surface area contributed by atoms with Gasteiger partial charge in [0.05, 0.1) is 0 Å². The van der Waals surface area contributed by atoms with E-state index in [0.717, 1.165) is 11.1 Å². The predicted octanol–water partition coefficient (Wildman–Crippen LogP) is 0.629. The molecule has 0 aromatic heterocycles. The van der Waals surface area contributed by atoms with Crippen molar-refractivity contribution in [2.75, 3.05) is 6.61 Å². The molecular weight excluding hydrogens is 166 g/mol. The summed E-state index contributed by atoms with van der Waals surface area (Å²) >= 11 is 0. The van der Waals surface area contributed by atoms with Crippen molar-refractivity contribution in [1.29, 1.82) is 0 Å². The van der Waals surface area contributed by atoms with Gasteiger partial charge in [-0.25, -0.2) is 0 Å². The van der Waals surface area contributed by atoms with E-state index in [9.17, 15) is 4.79 Å². The first-order chi connectivity index (χ1) is 6.16. The summed E-state index contributed by atoms with van der Waals surface area (Å²) in [6, 6.07) is 5.37. The van der Waals surface area contributed by atoms with Crippen LogP contribution < -0.4 is 5.73 Å². The van der Waals surface area contributed by atoms with Crippen LogP contribution in [0.1, 0.15) is 21.5 Å². The molecule has 0 fully saturated rings. The lowest BCUT2D eigenvalue weighted by molar-refractivity contribution is 0.0999. The van der Waals surface area contributed by atoms with E-state index in [0.29, 0.717) is 12.0 Å². The Morgan fingerprint density at radius 3 is 2.77 bits per heavy atom. The first-order valence-corrected chi connectivity index (χ1v) is 4.16. The molecule has 0 bridgehead atoms. The van der Waals surface area contributed by atoms with Gasteiger partial charge in [-0.15, -0.1) is 0 Å². The lowest BCUT2D eigenvalue weighted by atomic mass is 9.99. The van der Waals surface area contributed by atoms with E-state index in [1.54, 1.807) is 12.1 Å². The largest absolute Gasteiger partial charge is 0.396 e. The van der Waals surface area contributed by atoms with Gasteiger partial charge < -0.3 is 10.8 Å². The fourth-order valence-electron chi connectivity index (χ4n) is 1.38. The number of amides is 1. The van der Waals surface area contributed by atoms with Crippen LogP contribution in [0.3, 0.4) is 0 Å². The van der Waals surface area contributed by atoms with Crippen LogP contribution in [-0.2, 0) is 6.42 Å². The van der Waals surface area contributed by atoms with E-state index in [4.69, 9.17) is 10.8 Å². The topological polar surface area (TPSA) is 63.3 Å². The van der Waals surface area contributed by atoms with Crippen LogP contribution in [0.2, 0.25) is 0 Å². The van der Waals surface area contributed by atoms with E-state index in [-0.39, 0.29) is 6.61 Å². The molecule has 0 unspecified atom stereocenters. The molecule has 13 heavy (non-hydrogen) atoms. The van der Waals surface area contributed by atoms with Gasteiger partial charge in [-0.1, -0.05) is 12.1 Å². The number of aliphatic hydroxyl groups excluding tert-OH is 1. The number of nitrogens with two attached hydrogens (primary N) is 1. The Labute approximate surface area is 77.2 Å². The van der Waals surface area contributed by atoms with Crippen LogP contribution in [0.15, 0.2) is 18.2 Å². The van der Waals surface area contributed by atoms with E-state index < -0.39 is 5.91 Å². The van der Waals surface area contributed by atoms with E-state index in [2.05, 4.69) is 0 Å². The first-order valence-electron chi connectivity index (χ1n) is 4.16. The summed E-state index contributed by atoms with van der Waals surface area (Å²) in [5.41, 5.74) is 7.54. The van der Waals surface area contributed by atoms with Crippen molar-refractivity contribution >= 4 is 5.91 Å². The number of carbonyl (C=O) groups excluding carboxylic acids is 1. The molecule has 1 aromatic carbocycles. The molecule has 1 rings (SSSR count). The number of benzene rings is 1. The molecule has 0 radical (unpaired) electrons. The van der Waals surface area contributed by atoms with Gasteiger partial charge in [0, 0.05) is 12.2 Å². The summed E-state index contributed by atoms with van der Waals surface area (Å²) in [6.45, 7) is 1.93. The molecule has 1 amide bonds. The Morgan fingerprint density at radius 1 is 1.54 bits per heavy atom. The summed E-state index contributed by atoms with van der Waals surface area (Å²) in [7, 11) is 0. The monoisotopic (exact) mass is 179 g/mol. The van der Waals surface area contributed by atoms with Gasteiger partial charge in [0.2, 0.25) is 5.91 Å². The highest BCUT2D eigenvalue weighted by molar-refractivity contribution is 5.94. The maximum Gasteiger partial charge on any atom is 0.248 e.